The van der Waals surface area contributed by atoms with Crippen LogP contribution in [0.5, 0.6) is 0 Å². The van der Waals surface area contributed by atoms with Crippen LogP contribution < -0.4 is 10.2 Å². The second-order valence-electron chi connectivity index (χ2n) is 6.89. The predicted octanol–water partition coefficient (Wildman–Crippen LogP) is 2.11. The van der Waals surface area contributed by atoms with Crippen LogP contribution in [0.1, 0.15) is 29.5 Å². The molecule has 0 aliphatic carbocycles. The number of likely N-dealkylation sites (tertiary alicyclic amines) is 1. The van der Waals surface area contributed by atoms with Crippen molar-refractivity contribution in [1.82, 2.24) is 5.32 Å². The van der Waals surface area contributed by atoms with Gasteiger partial charge in [0.05, 0.1) is 13.1 Å². The molecule has 1 fully saturated rings. The third-order valence-electron chi connectivity index (χ3n) is 4.95. The Hall–Kier alpha value is -2.13. The SMILES string of the molecule is Cc1ccc(CNC(=O)C2CC[NH+](Cc3ccccc3)CC2)cc1. The van der Waals surface area contributed by atoms with Crippen molar-refractivity contribution < 1.29 is 9.69 Å². The molecule has 24 heavy (non-hydrogen) atoms. The lowest BCUT2D eigenvalue weighted by Gasteiger charge is -2.28. The Balaban J connectivity index is 1.42. The summed E-state index contributed by atoms with van der Waals surface area (Å²) in [5.41, 5.74) is 3.80. The minimum atomic E-state index is 0.176. The van der Waals surface area contributed by atoms with Crippen molar-refractivity contribution in [2.45, 2.75) is 32.9 Å². The van der Waals surface area contributed by atoms with Gasteiger partial charge in [-0.2, -0.15) is 0 Å². The first kappa shape index (κ1) is 16.7. The highest BCUT2D eigenvalue weighted by Gasteiger charge is 2.27. The zero-order valence-electron chi connectivity index (χ0n) is 14.4. The fraction of sp³-hybridized carbons (Fsp3) is 0.381. The van der Waals surface area contributed by atoms with Crippen LogP contribution in [-0.2, 0) is 17.9 Å². The lowest BCUT2D eigenvalue weighted by atomic mass is 9.95. The van der Waals surface area contributed by atoms with Gasteiger partial charge >= 0.3 is 0 Å². The van der Waals surface area contributed by atoms with Gasteiger partial charge in [0.25, 0.3) is 0 Å². The van der Waals surface area contributed by atoms with Gasteiger partial charge in [-0.25, -0.2) is 0 Å². The van der Waals surface area contributed by atoms with Crippen molar-refractivity contribution >= 4 is 5.91 Å². The molecule has 0 spiro atoms. The molecule has 1 aliphatic heterocycles. The first-order valence-corrected chi connectivity index (χ1v) is 8.91. The van der Waals surface area contributed by atoms with E-state index in [0.29, 0.717) is 6.54 Å². The summed E-state index contributed by atoms with van der Waals surface area (Å²) in [5, 5.41) is 3.10. The smallest absolute Gasteiger partial charge is 0.223 e. The monoisotopic (exact) mass is 323 g/mol. The highest BCUT2D eigenvalue weighted by Crippen LogP contribution is 2.11. The van der Waals surface area contributed by atoms with E-state index in [9.17, 15) is 4.79 Å². The summed E-state index contributed by atoms with van der Waals surface area (Å²) >= 11 is 0. The van der Waals surface area contributed by atoms with Crippen molar-refractivity contribution in [3.05, 3.63) is 71.3 Å². The molecule has 2 N–H and O–H groups in total. The van der Waals surface area contributed by atoms with E-state index in [1.807, 2.05) is 0 Å². The molecule has 2 aromatic rings. The van der Waals surface area contributed by atoms with E-state index in [1.54, 1.807) is 4.90 Å². The Labute approximate surface area is 144 Å². The highest BCUT2D eigenvalue weighted by molar-refractivity contribution is 5.78. The average molecular weight is 323 g/mol. The van der Waals surface area contributed by atoms with Crippen LogP contribution >= 0.6 is 0 Å². The molecule has 3 rings (SSSR count). The minimum Gasteiger partial charge on any atom is -0.352 e. The van der Waals surface area contributed by atoms with E-state index in [-0.39, 0.29) is 11.8 Å². The van der Waals surface area contributed by atoms with Crippen LogP contribution in [0, 0.1) is 12.8 Å². The molecule has 0 bridgehead atoms. The lowest BCUT2D eigenvalue weighted by molar-refractivity contribution is -0.919. The number of hydrogen-bond acceptors (Lipinski definition) is 1. The number of amides is 1. The Morgan fingerprint density at radius 2 is 1.67 bits per heavy atom. The van der Waals surface area contributed by atoms with Gasteiger partial charge in [-0.05, 0) is 12.5 Å². The third-order valence-corrected chi connectivity index (χ3v) is 4.95. The molecule has 1 amide bonds. The Morgan fingerprint density at radius 1 is 1.00 bits per heavy atom. The normalized spacial score (nSPS) is 20.5. The molecule has 0 radical (unpaired) electrons. The van der Waals surface area contributed by atoms with Gasteiger partial charge in [0.2, 0.25) is 5.91 Å². The highest BCUT2D eigenvalue weighted by atomic mass is 16.1. The van der Waals surface area contributed by atoms with Crippen molar-refractivity contribution in [1.29, 1.82) is 0 Å². The molecule has 0 unspecified atom stereocenters. The molecule has 0 atom stereocenters. The zero-order chi connectivity index (χ0) is 16.8. The van der Waals surface area contributed by atoms with Crippen molar-refractivity contribution in [3.8, 4) is 0 Å². The van der Waals surface area contributed by atoms with Gasteiger partial charge in [-0.3, -0.25) is 4.79 Å². The van der Waals surface area contributed by atoms with Gasteiger partial charge in [0.1, 0.15) is 6.54 Å². The fourth-order valence-electron chi connectivity index (χ4n) is 3.39. The first-order chi connectivity index (χ1) is 11.7. The maximum Gasteiger partial charge on any atom is 0.223 e. The van der Waals surface area contributed by atoms with Gasteiger partial charge < -0.3 is 10.2 Å². The fourth-order valence-corrected chi connectivity index (χ4v) is 3.39. The molecule has 0 aromatic heterocycles. The molecule has 2 aromatic carbocycles. The van der Waals surface area contributed by atoms with Crippen molar-refractivity contribution in [2.75, 3.05) is 13.1 Å². The average Bonchev–Trinajstić information content (AvgIpc) is 2.62. The van der Waals surface area contributed by atoms with E-state index >= 15 is 0 Å². The number of carbonyl (C=O) groups excluding carboxylic acids is 1. The summed E-state index contributed by atoms with van der Waals surface area (Å²) in [6.45, 7) is 5.94. The summed E-state index contributed by atoms with van der Waals surface area (Å²) in [4.78, 5) is 14.0. The Morgan fingerprint density at radius 3 is 2.33 bits per heavy atom. The standard InChI is InChI=1S/C21H26N2O/c1-17-7-9-18(10-8-17)15-22-21(24)20-11-13-23(14-12-20)16-19-5-3-2-4-6-19/h2-10,20H,11-16H2,1H3,(H,22,24)/p+1. The maximum atomic E-state index is 12.4. The third kappa shape index (κ3) is 4.68. The number of aryl methyl sites for hydroxylation is 1. The summed E-state index contributed by atoms with van der Waals surface area (Å²) < 4.78 is 0. The number of rotatable bonds is 5. The van der Waals surface area contributed by atoms with Crippen LogP contribution in [-0.4, -0.2) is 19.0 Å². The van der Waals surface area contributed by atoms with Gasteiger partial charge in [-0.15, -0.1) is 0 Å². The second-order valence-corrected chi connectivity index (χ2v) is 6.89. The molecule has 0 saturated carbocycles. The van der Waals surface area contributed by atoms with Crippen LogP contribution in [0.25, 0.3) is 0 Å². The lowest BCUT2D eigenvalue weighted by Crippen LogP contribution is -3.11. The summed E-state index contributed by atoms with van der Waals surface area (Å²) in [5.74, 6) is 0.393. The minimum absolute atomic E-state index is 0.176. The molecule has 3 nitrogen and oxygen atoms in total. The van der Waals surface area contributed by atoms with Gasteiger partial charge in [0.15, 0.2) is 0 Å². The first-order valence-electron chi connectivity index (χ1n) is 8.91. The van der Waals surface area contributed by atoms with E-state index < -0.39 is 0 Å². The number of quaternary nitrogens is 1. The summed E-state index contributed by atoms with van der Waals surface area (Å²) in [6, 6.07) is 19.0. The Bertz CT molecular complexity index is 643. The van der Waals surface area contributed by atoms with E-state index in [2.05, 4.69) is 66.8 Å². The number of piperidine rings is 1. The molecule has 126 valence electrons. The topological polar surface area (TPSA) is 33.5 Å². The number of hydrogen-bond donors (Lipinski definition) is 2. The second kappa shape index (κ2) is 8.11. The zero-order valence-corrected chi connectivity index (χ0v) is 14.4. The van der Waals surface area contributed by atoms with Crippen LogP contribution in [0.4, 0.5) is 0 Å². The van der Waals surface area contributed by atoms with Crippen LogP contribution in [0.2, 0.25) is 0 Å². The van der Waals surface area contributed by atoms with Crippen molar-refractivity contribution in [2.24, 2.45) is 5.92 Å². The number of nitrogens with one attached hydrogen (secondary N) is 2. The predicted molar refractivity (Wildman–Crippen MR) is 96.6 cm³/mol. The molecule has 1 saturated heterocycles. The molecular formula is C21H27N2O+. The molecule has 1 aliphatic rings. The van der Waals surface area contributed by atoms with Crippen LogP contribution in [0.3, 0.4) is 0 Å². The van der Waals surface area contributed by atoms with E-state index in [1.165, 1.54) is 16.7 Å². The van der Waals surface area contributed by atoms with Crippen molar-refractivity contribution in [3.63, 3.8) is 0 Å². The number of carbonyl (C=O) groups is 1. The maximum absolute atomic E-state index is 12.4. The van der Waals surface area contributed by atoms with E-state index in [4.69, 9.17) is 0 Å². The number of benzene rings is 2. The molecule has 1 heterocycles. The van der Waals surface area contributed by atoms with Gasteiger partial charge in [-0.1, -0.05) is 60.2 Å². The largest absolute Gasteiger partial charge is 0.352 e. The van der Waals surface area contributed by atoms with Crippen LogP contribution in [0.15, 0.2) is 54.6 Å². The van der Waals surface area contributed by atoms with Gasteiger partial charge in [0, 0.05) is 30.9 Å². The molecule has 3 heteroatoms. The quantitative estimate of drug-likeness (QED) is 0.868. The van der Waals surface area contributed by atoms with E-state index in [0.717, 1.165) is 32.5 Å². The summed E-state index contributed by atoms with van der Waals surface area (Å²) in [7, 11) is 0. The summed E-state index contributed by atoms with van der Waals surface area (Å²) in [6.07, 6.45) is 1.98. The molecular weight excluding hydrogens is 296 g/mol. The Kier molecular flexibility index (Phi) is 5.65.